The van der Waals surface area contributed by atoms with Gasteiger partial charge in [-0.15, -0.1) is 0 Å². The fourth-order valence-corrected chi connectivity index (χ4v) is 2.59. The molecule has 0 radical (unpaired) electrons. The van der Waals surface area contributed by atoms with Crippen LogP contribution in [0.15, 0.2) is 55.2 Å². The molecule has 3 aromatic rings. The van der Waals surface area contributed by atoms with Gasteiger partial charge in [0.2, 0.25) is 17.6 Å². The molecule has 8 heteroatoms. The minimum Gasteiger partial charge on any atom is -0.474 e. The Morgan fingerprint density at radius 2 is 1.63 bits per heavy atom. The first-order valence-electron chi connectivity index (χ1n) is 8.63. The van der Waals surface area contributed by atoms with Crippen LogP contribution in [-0.2, 0) is 4.74 Å². The van der Waals surface area contributed by atoms with Gasteiger partial charge in [0.25, 0.3) is 0 Å². The van der Waals surface area contributed by atoms with E-state index in [0.717, 1.165) is 12.8 Å². The predicted molar refractivity (Wildman–Crippen MR) is 95.1 cm³/mol. The van der Waals surface area contributed by atoms with Gasteiger partial charge in [-0.3, -0.25) is 4.98 Å². The summed E-state index contributed by atoms with van der Waals surface area (Å²) in [7, 11) is 0. The lowest BCUT2D eigenvalue weighted by Gasteiger charge is -2.22. The summed E-state index contributed by atoms with van der Waals surface area (Å²) >= 11 is 0. The minimum atomic E-state index is 0.102. The molecule has 1 aliphatic heterocycles. The Kier molecular flexibility index (Phi) is 5.35. The molecule has 0 bridgehead atoms. The number of hydrogen-bond donors (Lipinski definition) is 0. The van der Waals surface area contributed by atoms with Gasteiger partial charge in [0, 0.05) is 31.3 Å². The summed E-state index contributed by atoms with van der Waals surface area (Å²) < 4.78 is 22.7. The highest BCUT2D eigenvalue weighted by molar-refractivity contribution is 5.37. The van der Waals surface area contributed by atoms with Crippen molar-refractivity contribution in [1.82, 2.24) is 19.9 Å². The maximum Gasteiger partial charge on any atom is 0.237 e. The van der Waals surface area contributed by atoms with E-state index in [9.17, 15) is 0 Å². The Labute approximate surface area is 156 Å². The van der Waals surface area contributed by atoms with Crippen LogP contribution in [0.3, 0.4) is 0 Å². The summed E-state index contributed by atoms with van der Waals surface area (Å²) in [5.74, 6) is 2.44. The maximum atomic E-state index is 5.89. The van der Waals surface area contributed by atoms with Gasteiger partial charge >= 0.3 is 0 Å². The van der Waals surface area contributed by atoms with Gasteiger partial charge in [-0.1, -0.05) is 6.07 Å². The Bertz CT molecular complexity index is 872. The highest BCUT2D eigenvalue weighted by Gasteiger charge is 2.16. The Balaban J connectivity index is 1.42. The van der Waals surface area contributed by atoms with Crippen LogP contribution < -0.4 is 14.2 Å². The second kappa shape index (κ2) is 8.41. The molecule has 1 saturated heterocycles. The average molecular weight is 366 g/mol. The molecule has 8 nitrogen and oxygen atoms in total. The quantitative estimate of drug-likeness (QED) is 0.656. The average Bonchev–Trinajstić information content (AvgIpc) is 2.70. The van der Waals surface area contributed by atoms with Crippen LogP contribution in [0.1, 0.15) is 12.8 Å². The first-order valence-corrected chi connectivity index (χ1v) is 8.63. The second-order valence-corrected chi connectivity index (χ2v) is 5.85. The van der Waals surface area contributed by atoms with Gasteiger partial charge in [0.05, 0.1) is 25.5 Å². The molecular weight excluding hydrogens is 348 g/mol. The van der Waals surface area contributed by atoms with Crippen LogP contribution in [0, 0.1) is 0 Å². The molecule has 138 valence electrons. The molecule has 0 atom stereocenters. The van der Waals surface area contributed by atoms with Crippen molar-refractivity contribution >= 4 is 0 Å². The molecule has 0 spiro atoms. The van der Waals surface area contributed by atoms with Crippen molar-refractivity contribution < 1.29 is 18.9 Å². The predicted octanol–water partition coefficient (Wildman–Crippen LogP) is 3.41. The third kappa shape index (κ3) is 4.89. The molecule has 2 aromatic heterocycles. The summed E-state index contributed by atoms with van der Waals surface area (Å²) in [6.45, 7) is 1.41. The molecular formula is C19H18N4O4. The summed E-state index contributed by atoms with van der Waals surface area (Å²) in [5, 5.41) is 0. The monoisotopic (exact) mass is 366 g/mol. The minimum absolute atomic E-state index is 0.102. The standard InChI is InChI=1S/C19H18N4O4/c1-2-15(10-16(3-1)27-19-12-20-6-7-21-19)26-18-11-17(22-13-23-18)25-14-4-8-24-9-5-14/h1-3,6-7,10-14H,4-5,8-9H2. The first kappa shape index (κ1) is 17.2. The Morgan fingerprint density at radius 3 is 2.41 bits per heavy atom. The lowest BCUT2D eigenvalue weighted by atomic mass is 10.2. The van der Waals surface area contributed by atoms with Crippen molar-refractivity contribution in [3.63, 3.8) is 0 Å². The molecule has 0 aliphatic carbocycles. The normalized spacial score (nSPS) is 14.5. The van der Waals surface area contributed by atoms with E-state index < -0.39 is 0 Å². The summed E-state index contributed by atoms with van der Waals surface area (Å²) in [5.41, 5.74) is 0. The third-order valence-electron chi connectivity index (χ3n) is 3.86. The fraction of sp³-hybridized carbons (Fsp3) is 0.263. The van der Waals surface area contributed by atoms with Gasteiger partial charge in [0.15, 0.2) is 0 Å². The van der Waals surface area contributed by atoms with Crippen molar-refractivity contribution in [3.05, 3.63) is 55.2 Å². The van der Waals surface area contributed by atoms with E-state index in [1.807, 2.05) is 12.1 Å². The van der Waals surface area contributed by atoms with Crippen LogP contribution in [0.5, 0.6) is 29.1 Å². The van der Waals surface area contributed by atoms with Gasteiger partial charge in [0.1, 0.15) is 23.9 Å². The first-order chi connectivity index (χ1) is 13.3. The summed E-state index contributed by atoms with van der Waals surface area (Å²) in [4.78, 5) is 16.3. The van der Waals surface area contributed by atoms with Crippen LogP contribution in [0.25, 0.3) is 0 Å². The molecule has 3 heterocycles. The van der Waals surface area contributed by atoms with E-state index in [0.29, 0.717) is 42.4 Å². The topological polar surface area (TPSA) is 88.5 Å². The number of hydrogen-bond acceptors (Lipinski definition) is 8. The molecule has 0 amide bonds. The number of aromatic nitrogens is 4. The van der Waals surface area contributed by atoms with Crippen LogP contribution in [-0.4, -0.2) is 39.3 Å². The van der Waals surface area contributed by atoms with Crippen LogP contribution in [0.4, 0.5) is 0 Å². The molecule has 1 fully saturated rings. The Morgan fingerprint density at radius 1 is 0.852 bits per heavy atom. The summed E-state index contributed by atoms with van der Waals surface area (Å²) in [6.07, 6.45) is 7.91. The molecule has 0 saturated carbocycles. The fourth-order valence-electron chi connectivity index (χ4n) is 2.59. The van der Waals surface area contributed by atoms with E-state index in [-0.39, 0.29) is 6.10 Å². The largest absolute Gasteiger partial charge is 0.474 e. The maximum absolute atomic E-state index is 5.89. The van der Waals surface area contributed by atoms with Gasteiger partial charge in [-0.2, -0.15) is 0 Å². The number of rotatable bonds is 6. The number of benzene rings is 1. The van der Waals surface area contributed by atoms with E-state index in [1.54, 1.807) is 30.6 Å². The van der Waals surface area contributed by atoms with Crippen molar-refractivity contribution in [2.45, 2.75) is 18.9 Å². The third-order valence-corrected chi connectivity index (χ3v) is 3.86. The van der Waals surface area contributed by atoms with Crippen molar-refractivity contribution in [2.75, 3.05) is 13.2 Å². The van der Waals surface area contributed by atoms with Gasteiger partial charge < -0.3 is 18.9 Å². The smallest absolute Gasteiger partial charge is 0.237 e. The van der Waals surface area contributed by atoms with E-state index in [1.165, 1.54) is 12.5 Å². The zero-order valence-electron chi connectivity index (χ0n) is 14.5. The molecule has 4 rings (SSSR count). The second-order valence-electron chi connectivity index (χ2n) is 5.85. The zero-order valence-corrected chi connectivity index (χ0v) is 14.5. The highest BCUT2D eigenvalue weighted by Crippen LogP contribution is 2.27. The van der Waals surface area contributed by atoms with Gasteiger partial charge in [-0.25, -0.2) is 15.0 Å². The zero-order chi connectivity index (χ0) is 18.3. The number of ether oxygens (including phenoxy) is 4. The summed E-state index contributed by atoms with van der Waals surface area (Å²) in [6, 6.07) is 8.86. The molecule has 27 heavy (non-hydrogen) atoms. The van der Waals surface area contributed by atoms with Crippen molar-refractivity contribution in [2.24, 2.45) is 0 Å². The van der Waals surface area contributed by atoms with Crippen LogP contribution in [0.2, 0.25) is 0 Å². The lowest BCUT2D eigenvalue weighted by molar-refractivity contribution is 0.0236. The van der Waals surface area contributed by atoms with E-state index in [4.69, 9.17) is 18.9 Å². The molecule has 1 aromatic carbocycles. The lowest BCUT2D eigenvalue weighted by Crippen LogP contribution is -2.26. The number of nitrogens with zero attached hydrogens (tertiary/aromatic N) is 4. The van der Waals surface area contributed by atoms with Gasteiger partial charge in [-0.05, 0) is 12.1 Å². The van der Waals surface area contributed by atoms with Crippen molar-refractivity contribution in [1.29, 1.82) is 0 Å². The highest BCUT2D eigenvalue weighted by atomic mass is 16.5. The molecule has 0 unspecified atom stereocenters. The van der Waals surface area contributed by atoms with Crippen molar-refractivity contribution in [3.8, 4) is 29.1 Å². The Hall–Kier alpha value is -3.26. The van der Waals surface area contributed by atoms with E-state index >= 15 is 0 Å². The van der Waals surface area contributed by atoms with E-state index in [2.05, 4.69) is 19.9 Å². The molecule has 0 N–H and O–H groups in total. The molecule has 1 aliphatic rings. The SMILES string of the molecule is c1cc(Oc2cnccn2)cc(Oc2cc(OC3CCOCC3)ncn2)c1. The van der Waals surface area contributed by atoms with Crippen LogP contribution >= 0.6 is 0 Å².